The fourth-order valence-corrected chi connectivity index (χ4v) is 3.91. The molecule has 1 aliphatic rings. The summed E-state index contributed by atoms with van der Waals surface area (Å²) in [7, 11) is 0. The number of hydrogen-bond donors (Lipinski definition) is 1. The summed E-state index contributed by atoms with van der Waals surface area (Å²) in [4.78, 5) is 30.5. The predicted molar refractivity (Wildman–Crippen MR) is 114 cm³/mol. The molecule has 0 atom stereocenters. The van der Waals surface area contributed by atoms with Gasteiger partial charge in [-0.05, 0) is 49.6 Å². The Labute approximate surface area is 170 Å². The minimum absolute atomic E-state index is 0.0159. The van der Waals surface area contributed by atoms with Crippen LogP contribution >= 0.6 is 0 Å². The van der Waals surface area contributed by atoms with Crippen molar-refractivity contribution in [1.82, 2.24) is 14.9 Å². The van der Waals surface area contributed by atoms with Crippen LogP contribution in [-0.2, 0) is 22.6 Å². The van der Waals surface area contributed by atoms with E-state index in [1.807, 2.05) is 54.3 Å². The van der Waals surface area contributed by atoms with Gasteiger partial charge in [0.05, 0.1) is 17.5 Å². The summed E-state index contributed by atoms with van der Waals surface area (Å²) in [6.07, 6.45) is 2.74. The number of fused-ring (bicyclic) bond motifs is 1. The first-order chi connectivity index (χ1) is 14.1. The zero-order chi connectivity index (χ0) is 20.2. The molecule has 1 N–H and O–H groups in total. The van der Waals surface area contributed by atoms with E-state index in [1.54, 1.807) is 0 Å². The minimum Gasteiger partial charge on any atom is -0.356 e. The average Bonchev–Trinajstić information content (AvgIpc) is 3.28. The molecule has 0 radical (unpaired) electrons. The first-order valence-corrected chi connectivity index (χ1v) is 10.2. The zero-order valence-corrected chi connectivity index (χ0v) is 16.7. The number of anilines is 1. The van der Waals surface area contributed by atoms with Crippen LogP contribution in [0.25, 0.3) is 11.0 Å². The van der Waals surface area contributed by atoms with Gasteiger partial charge in [-0.15, -0.1) is 0 Å². The molecular formula is C23H26N4O2. The van der Waals surface area contributed by atoms with E-state index < -0.39 is 0 Å². The Bertz CT molecular complexity index is 1020. The van der Waals surface area contributed by atoms with Gasteiger partial charge in [0, 0.05) is 31.7 Å². The molecule has 1 aromatic heterocycles. The molecule has 0 spiro atoms. The van der Waals surface area contributed by atoms with Crippen molar-refractivity contribution in [3.63, 3.8) is 0 Å². The van der Waals surface area contributed by atoms with Crippen molar-refractivity contribution in [1.29, 1.82) is 0 Å². The van der Waals surface area contributed by atoms with Gasteiger partial charge in [0.1, 0.15) is 5.82 Å². The van der Waals surface area contributed by atoms with Gasteiger partial charge >= 0.3 is 0 Å². The monoisotopic (exact) mass is 390 g/mol. The number of benzene rings is 2. The summed E-state index contributed by atoms with van der Waals surface area (Å²) in [5.41, 5.74) is 4.01. The van der Waals surface area contributed by atoms with E-state index in [1.165, 1.54) is 0 Å². The predicted octanol–water partition coefficient (Wildman–Crippen LogP) is 3.22. The molecule has 0 saturated carbocycles. The van der Waals surface area contributed by atoms with Gasteiger partial charge in [-0.1, -0.05) is 24.3 Å². The number of rotatable bonds is 7. The standard InChI is InChI=1S/C23H26N4O2/c1-17-25-20-6-2-3-7-21(20)26(17)15-5-13-24-22(28)16-18-9-11-19(12-10-18)27-14-4-8-23(27)29/h2-3,6-7,9-12H,4-5,8,13-16H2,1H3,(H,24,28). The van der Waals surface area contributed by atoms with Gasteiger partial charge in [-0.2, -0.15) is 0 Å². The lowest BCUT2D eigenvalue weighted by molar-refractivity contribution is -0.120. The van der Waals surface area contributed by atoms with Crippen molar-refractivity contribution < 1.29 is 9.59 Å². The summed E-state index contributed by atoms with van der Waals surface area (Å²) < 4.78 is 2.19. The fraction of sp³-hybridized carbons (Fsp3) is 0.348. The molecule has 150 valence electrons. The number of aromatic nitrogens is 2. The molecule has 2 amide bonds. The maximum absolute atomic E-state index is 12.3. The number of nitrogens with one attached hydrogen (secondary N) is 1. The number of carbonyl (C=O) groups is 2. The van der Waals surface area contributed by atoms with E-state index in [4.69, 9.17) is 0 Å². The van der Waals surface area contributed by atoms with E-state index >= 15 is 0 Å². The largest absolute Gasteiger partial charge is 0.356 e. The number of amides is 2. The number of imidazole rings is 1. The Hall–Kier alpha value is -3.15. The van der Waals surface area contributed by atoms with E-state index in [2.05, 4.69) is 20.9 Å². The van der Waals surface area contributed by atoms with Crippen LogP contribution in [0.4, 0.5) is 5.69 Å². The van der Waals surface area contributed by atoms with Crippen molar-refractivity contribution in [2.24, 2.45) is 0 Å². The molecule has 2 aromatic carbocycles. The van der Waals surface area contributed by atoms with Crippen molar-refractivity contribution in [3.8, 4) is 0 Å². The Morgan fingerprint density at radius 2 is 1.93 bits per heavy atom. The summed E-state index contributed by atoms with van der Waals surface area (Å²) >= 11 is 0. The van der Waals surface area contributed by atoms with Crippen molar-refractivity contribution >= 4 is 28.5 Å². The molecule has 1 saturated heterocycles. The molecule has 3 aromatic rings. The van der Waals surface area contributed by atoms with Gasteiger partial charge in [-0.3, -0.25) is 9.59 Å². The van der Waals surface area contributed by atoms with Gasteiger partial charge in [0.25, 0.3) is 0 Å². The highest BCUT2D eigenvalue weighted by atomic mass is 16.2. The van der Waals surface area contributed by atoms with Crippen LogP contribution in [0.3, 0.4) is 0 Å². The molecule has 0 unspecified atom stereocenters. The molecule has 4 rings (SSSR count). The van der Waals surface area contributed by atoms with Gasteiger partial charge in [0.2, 0.25) is 11.8 Å². The summed E-state index contributed by atoms with van der Waals surface area (Å²) in [5, 5.41) is 3.00. The first-order valence-electron chi connectivity index (χ1n) is 10.2. The SMILES string of the molecule is Cc1nc2ccccc2n1CCCNC(=O)Cc1ccc(N2CCCC2=O)cc1. The maximum atomic E-state index is 12.3. The quantitative estimate of drug-likeness (QED) is 0.630. The number of carbonyl (C=O) groups excluding carboxylic acids is 2. The fourth-order valence-electron chi connectivity index (χ4n) is 3.91. The Morgan fingerprint density at radius 1 is 1.14 bits per heavy atom. The number of hydrogen-bond acceptors (Lipinski definition) is 3. The van der Waals surface area contributed by atoms with Crippen molar-refractivity contribution in [2.45, 2.75) is 39.2 Å². The van der Waals surface area contributed by atoms with Crippen LogP contribution in [0.2, 0.25) is 0 Å². The topological polar surface area (TPSA) is 67.2 Å². The minimum atomic E-state index is 0.0159. The third-order valence-corrected chi connectivity index (χ3v) is 5.41. The molecule has 1 aliphatic heterocycles. The lowest BCUT2D eigenvalue weighted by atomic mass is 10.1. The summed E-state index contributed by atoms with van der Waals surface area (Å²) in [6.45, 7) is 4.25. The molecular weight excluding hydrogens is 364 g/mol. The lowest BCUT2D eigenvalue weighted by Crippen LogP contribution is -2.27. The van der Waals surface area contributed by atoms with Crippen LogP contribution in [0.5, 0.6) is 0 Å². The van der Waals surface area contributed by atoms with Crippen molar-refractivity contribution in [3.05, 3.63) is 59.9 Å². The van der Waals surface area contributed by atoms with Crippen molar-refractivity contribution in [2.75, 3.05) is 18.0 Å². The maximum Gasteiger partial charge on any atom is 0.227 e. The second-order valence-electron chi connectivity index (χ2n) is 7.50. The second-order valence-corrected chi connectivity index (χ2v) is 7.50. The van der Waals surface area contributed by atoms with E-state index in [0.29, 0.717) is 19.4 Å². The van der Waals surface area contributed by atoms with E-state index in [-0.39, 0.29) is 11.8 Å². The van der Waals surface area contributed by atoms with Crippen LogP contribution < -0.4 is 10.2 Å². The average molecular weight is 390 g/mol. The smallest absolute Gasteiger partial charge is 0.227 e. The summed E-state index contributed by atoms with van der Waals surface area (Å²) in [5.74, 6) is 1.19. The molecule has 6 heteroatoms. The Balaban J connectivity index is 1.25. The summed E-state index contributed by atoms with van der Waals surface area (Å²) in [6, 6.07) is 15.8. The van der Waals surface area contributed by atoms with Gasteiger partial charge < -0.3 is 14.8 Å². The highest BCUT2D eigenvalue weighted by molar-refractivity contribution is 5.95. The normalized spacial score (nSPS) is 14.0. The number of para-hydroxylation sites is 2. The molecule has 6 nitrogen and oxygen atoms in total. The molecule has 29 heavy (non-hydrogen) atoms. The van der Waals surface area contributed by atoms with E-state index in [9.17, 15) is 9.59 Å². The van der Waals surface area contributed by atoms with Crippen LogP contribution in [-0.4, -0.2) is 34.5 Å². The van der Waals surface area contributed by atoms with Crippen LogP contribution in [0.15, 0.2) is 48.5 Å². The third kappa shape index (κ3) is 4.31. The lowest BCUT2D eigenvalue weighted by Gasteiger charge is -2.15. The van der Waals surface area contributed by atoms with Crippen LogP contribution in [0.1, 0.15) is 30.7 Å². The van der Waals surface area contributed by atoms with E-state index in [0.717, 1.165) is 54.0 Å². The molecule has 0 bridgehead atoms. The molecule has 1 fully saturated rings. The van der Waals surface area contributed by atoms with Crippen LogP contribution in [0, 0.1) is 6.92 Å². The molecule has 0 aliphatic carbocycles. The Kier molecular flexibility index (Phi) is 5.60. The first kappa shape index (κ1) is 19.2. The van der Waals surface area contributed by atoms with Gasteiger partial charge in [0.15, 0.2) is 0 Å². The number of aryl methyl sites for hydroxylation is 2. The highest BCUT2D eigenvalue weighted by Crippen LogP contribution is 2.21. The number of nitrogens with zero attached hydrogens (tertiary/aromatic N) is 3. The van der Waals surface area contributed by atoms with Gasteiger partial charge in [-0.25, -0.2) is 4.98 Å². The zero-order valence-electron chi connectivity index (χ0n) is 16.7. The highest BCUT2D eigenvalue weighted by Gasteiger charge is 2.21. The second kappa shape index (κ2) is 8.47. The Morgan fingerprint density at radius 3 is 2.69 bits per heavy atom. The molecule has 2 heterocycles. The third-order valence-electron chi connectivity index (χ3n) is 5.41.